The van der Waals surface area contributed by atoms with E-state index in [1.54, 1.807) is 11.9 Å². The second-order valence-electron chi connectivity index (χ2n) is 5.70. The van der Waals surface area contributed by atoms with Crippen molar-refractivity contribution in [1.82, 2.24) is 0 Å². The lowest BCUT2D eigenvalue weighted by Gasteiger charge is -2.16. The predicted octanol–water partition coefficient (Wildman–Crippen LogP) is 3.16. The third-order valence-corrected chi connectivity index (χ3v) is 4.38. The van der Waals surface area contributed by atoms with Gasteiger partial charge in [0.05, 0.1) is 5.92 Å². The Morgan fingerprint density at radius 1 is 1.19 bits per heavy atom. The summed E-state index contributed by atoms with van der Waals surface area (Å²) in [6.07, 6.45) is -0.662. The number of amides is 1. The van der Waals surface area contributed by atoms with E-state index < -0.39 is 6.10 Å². The maximum atomic E-state index is 12.0. The zero-order valence-corrected chi connectivity index (χ0v) is 12.5. The van der Waals surface area contributed by atoms with Crippen LogP contribution in [0.25, 0.3) is 0 Å². The van der Waals surface area contributed by atoms with Gasteiger partial charge in [-0.1, -0.05) is 30.3 Å². The van der Waals surface area contributed by atoms with Crippen LogP contribution in [-0.4, -0.2) is 18.1 Å². The highest BCUT2D eigenvalue weighted by Crippen LogP contribution is 2.38. The first-order chi connectivity index (χ1) is 10.0. The van der Waals surface area contributed by atoms with Gasteiger partial charge >= 0.3 is 0 Å². The van der Waals surface area contributed by atoms with Gasteiger partial charge in [-0.25, -0.2) is 0 Å². The van der Waals surface area contributed by atoms with Gasteiger partial charge in [0.15, 0.2) is 0 Å². The van der Waals surface area contributed by atoms with Crippen molar-refractivity contribution in [1.29, 1.82) is 0 Å². The number of carbonyl (C=O) groups is 1. The molecule has 0 saturated carbocycles. The van der Waals surface area contributed by atoms with Crippen LogP contribution in [0.2, 0.25) is 0 Å². The van der Waals surface area contributed by atoms with E-state index in [2.05, 4.69) is 0 Å². The molecule has 0 bridgehead atoms. The third kappa shape index (κ3) is 2.14. The molecule has 3 rings (SSSR count). The highest BCUT2D eigenvalue weighted by atomic mass is 16.3. The van der Waals surface area contributed by atoms with Crippen molar-refractivity contribution in [2.24, 2.45) is 0 Å². The Morgan fingerprint density at radius 2 is 1.90 bits per heavy atom. The highest BCUT2D eigenvalue weighted by Gasteiger charge is 2.32. The molecule has 0 fully saturated rings. The second-order valence-corrected chi connectivity index (χ2v) is 5.70. The van der Waals surface area contributed by atoms with E-state index >= 15 is 0 Å². The molecule has 2 atom stereocenters. The Bertz CT molecular complexity index is 708. The molecule has 21 heavy (non-hydrogen) atoms. The van der Waals surface area contributed by atoms with Crippen LogP contribution in [0.15, 0.2) is 42.5 Å². The Hall–Kier alpha value is -2.13. The normalized spacial score (nSPS) is 18.8. The molecular formula is C18H19NO2. The fraction of sp³-hybridized carbons (Fsp3) is 0.278. The molecule has 3 heteroatoms. The number of rotatable bonds is 2. The lowest BCUT2D eigenvalue weighted by molar-refractivity contribution is -0.118. The van der Waals surface area contributed by atoms with Gasteiger partial charge in [0.2, 0.25) is 5.91 Å². The van der Waals surface area contributed by atoms with E-state index in [-0.39, 0.29) is 11.8 Å². The minimum Gasteiger partial charge on any atom is -0.384 e. The van der Waals surface area contributed by atoms with Gasteiger partial charge in [0.25, 0.3) is 0 Å². The van der Waals surface area contributed by atoms with Crippen LogP contribution in [0, 0.1) is 6.92 Å². The smallest absolute Gasteiger partial charge is 0.234 e. The summed E-state index contributed by atoms with van der Waals surface area (Å²) in [6.45, 7) is 3.90. The molecule has 1 N–H and O–H groups in total. The monoisotopic (exact) mass is 281 g/mol. The average Bonchev–Trinajstić information content (AvgIpc) is 2.71. The summed E-state index contributed by atoms with van der Waals surface area (Å²) >= 11 is 0. The molecule has 0 radical (unpaired) electrons. The summed E-state index contributed by atoms with van der Waals surface area (Å²) in [5.41, 5.74) is 4.73. The molecule has 1 aliphatic heterocycles. The number of aryl methyl sites for hydroxylation is 1. The Balaban J connectivity index is 2.03. The average molecular weight is 281 g/mol. The van der Waals surface area contributed by atoms with Crippen molar-refractivity contribution < 1.29 is 9.90 Å². The molecular weight excluding hydrogens is 262 g/mol. The van der Waals surface area contributed by atoms with Crippen LogP contribution in [-0.2, 0) is 4.79 Å². The van der Waals surface area contributed by atoms with Gasteiger partial charge in [0, 0.05) is 12.7 Å². The zero-order valence-electron chi connectivity index (χ0n) is 12.5. The van der Waals surface area contributed by atoms with Crippen LogP contribution in [0.4, 0.5) is 5.69 Å². The fourth-order valence-corrected chi connectivity index (χ4v) is 3.01. The van der Waals surface area contributed by atoms with E-state index in [1.807, 2.05) is 56.3 Å². The van der Waals surface area contributed by atoms with Crippen LogP contribution >= 0.6 is 0 Å². The molecule has 1 amide bonds. The largest absolute Gasteiger partial charge is 0.384 e. The Morgan fingerprint density at radius 3 is 2.62 bits per heavy atom. The summed E-state index contributed by atoms with van der Waals surface area (Å²) in [5, 5.41) is 10.6. The highest BCUT2D eigenvalue weighted by molar-refractivity contribution is 6.04. The molecule has 3 nitrogen and oxygen atoms in total. The van der Waals surface area contributed by atoms with Gasteiger partial charge in [0.1, 0.15) is 6.10 Å². The molecule has 0 spiro atoms. The maximum Gasteiger partial charge on any atom is 0.234 e. The van der Waals surface area contributed by atoms with Crippen molar-refractivity contribution in [3.63, 3.8) is 0 Å². The summed E-state index contributed by atoms with van der Waals surface area (Å²) < 4.78 is 0. The van der Waals surface area contributed by atoms with Crippen LogP contribution in [0.3, 0.4) is 0 Å². The Labute approximate surface area is 124 Å². The second kappa shape index (κ2) is 5.01. The summed E-state index contributed by atoms with van der Waals surface area (Å²) in [7, 11) is 1.79. The van der Waals surface area contributed by atoms with Crippen molar-refractivity contribution in [3.8, 4) is 0 Å². The number of anilines is 1. The van der Waals surface area contributed by atoms with Crippen LogP contribution < -0.4 is 4.90 Å². The molecule has 1 aliphatic rings. The number of fused-ring (bicyclic) bond motifs is 1. The first-order valence-electron chi connectivity index (χ1n) is 7.15. The number of hydrogen-bond acceptors (Lipinski definition) is 2. The quantitative estimate of drug-likeness (QED) is 0.918. The van der Waals surface area contributed by atoms with Crippen molar-refractivity contribution >= 4 is 11.6 Å². The SMILES string of the molecule is Cc1ccccc1C(O)c1ccc2c(c1)C(C)C(=O)N2C. The molecule has 1 heterocycles. The molecule has 108 valence electrons. The van der Waals surface area contributed by atoms with E-state index in [0.717, 1.165) is 27.9 Å². The summed E-state index contributed by atoms with van der Waals surface area (Å²) in [6, 6.07) is 13.6. The Kier molecular flexibility index (Phi) is 3.30. The van der Waals surface area contributed by atoms with Crippen LogP contribution in [0.5, 0.6) is 0 Å². The number of benzene rings is 2. The molecule has 2 unspecified atom stereocenters. The summed E-state index contributed by atoms with van der Waals surface area (Å²) in [4.78, 5) is 13.7. The maximum absolute atomic E-state index is 12.0. The standard InChI is InChI=1S/C18H19NO2/c1-11-6-4-5-7-14(11)17(20)13-8-9-16-15(10-13)12(2)18(21)19(16)3/h4-10,12,17,20H,1-3H3. The molecule has 0 aliphatic carbocycles. The molecule has 0 saturated heterocycles. The van der Waals surface area contributed by atoms with Gasteiger partial charge in [-0.2, -0.15) is 0 Å². The van der Waals surface area contributed by atoms with Crippen molar-refractivity contribution in [3.05, 3.63) is 64.7 Å². The number of likely N-dealkylation sites (N-methyl/N-ethyl adjacent to an activating group) is 1. The van der Waals surface area contributed by atoms with Gasteiger partial charge < -0.3 is 10.0 Å². The lowest BCUT2D eigenvalue weighted by Crippen LogP contribution is -2.22. The van der Waals surface area contributed by atoms with Gasteiger partial charge in [-0.3, -0.25) is 4.79 Å². The first-order valence-corrected chi connectivity index (χ1v) is 7.15. The molecule has 2 aromatic carbocycles. The number of carbonyl (C=O) groups excluding carboxylic acids is 1. The van der Waals surface area contributed by atoms with E-state index in [9.17, 15) is 9.90 Å². The van der Waals surface area contributed by atoms with Crippen molar-refractivity contribution in [2.75, 3.05) is 11.9 Å². The minimum atomic E-state index is -0.662. The number of nitrogens with zero attached hydrogens (tertiary/aromatic N) is 1. The van der Waals surface area contributed by atoms with Gasteiger partial charge in [-0.05, 0) is 48.2 Å². The number of aliphatic hydroxyl groups excluding tert-OH is 1. The predicted molar refractivity (Wildman–Crippen MR) is 83.5 cm³/mol. The molecule has 2 aromatic rings. The number of hydrogen-bond donors (Lipinski definition) is 1. The minimum absolute atomic E-state index is 0.104. The first kappa shape index (κ1) is 13.8. The van der Waals surface area contributed by atoms with E-state index in [1.165, 1.54) is 0 Å². The van der Waals surface area contributed by atoms with E-state index in [4.69, 9.17) is 0 Å². The number of aliphatic hydroxyl groups is 1. The molecule has 0 aromatic heterocycles. The van der Waals surface area contributed by atoms with Crippen LogP contribution in [0.1, 0.15) is 41.2 Å². The van der Waals surface area contributed by atoms with Gasteiger partial charge in [-0.15, -0.1) is 0 Å². The van der Waals surface area contributed by atoms with E-state index in [0.29, 0.717) is 0 Å². The third-order valence-electron chi connectivity index (χ3n) is 4.38. The summed E-state index contributed by atoms with van der Waals surface area (Å²) in [5.74, 6) is -0.0402. The zero-order chi connectivity index (χ0) is 15.1. The lowest BCUT2D eigenvalue weighted by atomic mass is 9.94. The topological polar surface area (TPSA) is 40.5 Å². The van der Waals surface area contributed by atoms with Crippen molar-refractivity contribution in [2.45, 2.75) is 25.9 Å². The fourth-order valence-electron chi connectivity index (χ4n) is 3.01.